The SMILES string of the molecule is CCOC(=O)CN=C(/C=C/CC(C)C)c1cc(Oc2c(Br)cc(CP(C)(=O)O)cc2Br)ccc1O. The van der Waals surface area contributed by atoms with E-state index >= 15 is 0 Å². The van der Waals surface area contributed by atoms with Gasteiger partial charge in [0.05, 0.1) is 21.3 Å². The molecular formula is C25H30Br2NO6P. The van der Waals surface area contributed by atoms with E-state index in [1.165, 1.54) is 12.7 Å². The Morgan fingerprint density at radius 2 is 1.86 bits per heavy atom. The van der Waals surface area contributed by atoms with Gasteiger partial charge >= 0.3 is 5.97 Å². The lowest BCUT2D eigenvalue weighted by atomic mass is 10.1. The molecule has 0 fully saturated rings. The molecule has 7 nitrogen and oxygen atoms in total. The van der Waals surface area contributed by atoms with E-state index in [1.54, 1.807) is 37.3 Å². The summed E-state index contributed by atoms with van der Waals surface area (Å²) in [4.78, 5) is 25.9. The van der Waals surface area contributed by atoms with Crippen LogP contribution < -0.4 is 4.74 Å². The maximum absolute atomic E-state index is 11.9. The molecule has 10 heteroatoms. The highest BCUT2D eigenvalue weighted by Crippen LogP contribution is 2.44. The molecule has 0 bridgehead atoms. The van der Waals surface area contributed by atoms with Gasteiger partial charge in [-0.2, -0.15) is 0 Å². The number of allylic oxidation sites excluding steroid dienone is 2. The van der Waals surface area contributed by atoms with Crippen LogP contribution in [0, 0.1) is 5.92 Å². The van der Waals surface area contributed by atoms with E-state index in [2.05, 4.69) is 50.7 Å². The van der Waals surface area contributed by atoms with Gasteiger partial charge in [-0.05, 0) is 93.1 Å². The van der Waals surface area contributed by atoms with E-state index < -0.39 is 13.3 Å². The second-order valence-corrected chi connectivity index (χ2v) is 12.5. The van der Waals surface area contributed by atoms with Gasteiger partial charge in [-0.1, -0.05) is 19.9 Å². The Hall–Kier alpha value is -1.93. The molecule has 2 aromatic rings. The third-order valence-electron chi connectivity index (χ3n) is 4.56. The number of phenols is 1. The topological polar surface area (TPSA) is 105 Å². The highest BCUT2D eigenvalue weighted by Gasteiger charge is 2.17. The average Bonchev–Trinajstić information content (AvgIpc) is 2.73. The van der Waals surface area contributed by atoms with Crippen LogP contribution in [0.4, 0.5) is 0 Å². The molecule has 0 aliphatic carbocycles. The molecule has 190 valence electrons. The van der Waals surface area contributed by atoms with Crippen LogP contribution in [-0.2, 0) is 20.3 Å². The lowest BCUT2D eigenvalue weighted by molar-refractivity contribution is -0.141. The van der Waals surface area contributed by atoms with E-state index in [0.717, 1.165) is 6.42 Å². The van der Waals surface area contributed by atoms with Crippen molar-refractivity contribution in [3.8, 4) is 17.2 Å². The van der Waals surface area contributed by atoms with Crippen molar-refractivity contribution in [1.29, 1.82) is 0 Å². The Labute approximate surface area is 223 Å². The van der Waals surface area contributed by atoms with Gasteiger partial charge in [-0.15, -0.1) is 0 Å². The van der Waals surface area contributed by atoms with Crippen LogP contribution in [0.15, 0.2) is 56.4 Å². The van der Waals surface area contributed by atoms with E-state index in [1.807, 2.05) is 6.08 Å². The number of aromatic hydroxyl groups is 1. The number of halogens is 2. The highest BCUT2D eigenvalue weighted by atomic mass is 79.9. The molecule has 2 N–H and O–H groups in total. The lowest BCUT2D eigenvalue weighted by Crippen LogP contribution is -2.10. The second-order valence-electron chi connectivity index (χ2n) is 8.42. The number of carbonyl (C=O) groups is 1. The minimum atomic E-state index is -3.23. The molecule has 0 aliphatic heterocycles. The van der Waals surface area contributed by atoms with Crippen molar-refractivity contribution >= 4 is 50.9 Å². The van der Waals surface area contributed by atoms with Crippen molar-refractivity contribution in [3.63, 3.8) is 0 Å². The number of hydrogen-bond donors (Lipinski definition) is 2. The molecule has 35 heavy (non-hydrogen) atoms. The molecule has 2 rings (SSSR count). The number of carbonyl (C=O) groups excluding carboxylic acids is 1. The summed E-state index contributed by atoms with van der Waals surface area (Å²) < 4.78 is 24.0. The summed E-state index contributed by atoms with van der Waals surface area (Å²) in [6.07, 6.45) is 4.56. The van der Waals surface area contributed by atoms with Crippen LogP contribution in [0.2, 0.25) is 0 Å². The van der Waals surface area contributed by atoms with Crippen LogP contribution in [0.1, 0.15) is 38.3 Å². The van der Waals surface area contributed by atoms with Crippen molar-refractivity contribution in [1.82, 2.24) is 0 Å². The fraction of sp³-hybridized carbons (Fsp3) is 0.360. The number of aliphatic imine (C=N–C) groups is 1. The van der Waals surface area contributed by atoms with E-state index in [9.17, 15) is 19.4 Å². The molecule has 0 aliphatic rings. The largest absolute Gasteiger partial charge is 0.507 e. The molecule has 1 unspecified atom stereocenters. The van der Waals surface area contributed by atoms with Crippen molar-refractivity contribution in [2.24, 2.45) is 10.9 Å². The fourth-order valence-corrected chi connectivity index (χ4v) is 5.38. The predicted octanol–water partition coefficient (Wildman–Crippen LogP) is 7.06. The van der Waals surface area contributed by atoms with E-state index in [4.69, 9.17) is 9.47 Å². The number of ether oxygens (including phenoxy) is 2. The second kappa shape index (κ2) is 13.4. The smallest absolute Gasteiger partial charge is 0.327 e. The Balaban J connectivity index is 2.40. The van der Waals surface area contributed by atoms with Gasteiger partial charge in [0.2, 0.25) is 7.37 Å². The monoisotopic (exact) mass is 629 g/mol. The van der Waals surface area contributed by atoms with Crippen LogP contribution in [0.25, 0.3) is 0 Å². The first-order chi connectivity index (χ1) is 16.4. The fourth-order valence-electron chi connectivity index (χ4n) is 3.08. The Morgan fingerprint density at radius 1 is 1.20 bits per heavy atom. The number of phenolic OH excluding ortho intramolecular Hbond substituents is 1. The standard InChI is InChI=1S/C25H30Br2NO6P/c1-5-33-24(30)14-28-22(8-6-7-16(2)3)19-13-18(9-10-23(19)29)34-25-20(26)11-17(12-21(25)27)15-35(4,31)32/h6,8-13,16,29H,5,7,14-15H2,1-4H3,(H,31,32)/b8-6+,28-22?. The van der Waals surface area contributed by atoms with Gasteiger partial charge in [-0.3, -0.25) is 14.4 Å². The first-order valence-corrected chi connectivity index (χ1v) is 14.9. The van der Waals surface area contributed by atoms with Gasteiger partial charge in [-0.25, -0.2) is 0 Å². The normalized spacial score (nSPS) is 13.8. The zero-order valence-electron chi connectivity index (χ0n) is 20.1. The number of rotatable bonds is 11. The maximum atomic E-state index is 11.9. The van der Waals surface area contributed by atoms with E-state index in [0.29, 0.717) is 43.2 Å². The quantitative estimate of drug-likeness (QED) is 0.156. The first-order valence-electron chi connectivity index (χ1n) is 11.0. The van der Waals surface area contributed by atoms with E-state index in [-0.39, 0.29) is 25.1 Å². The molecule has 1 atom stereocenters. The van der Waals surface area contributed by atoms with Crippen LogP contribution in [0.5, 0.6) is 17.2 Å². The van der Waals surface area contributed by atoms with Crippen LogP contribution >= 0.6 is 39.2 Å². The summed E-state index contributed by atoms with van der Waals surface area (Å²) in [5, 5.41) is 10.5. The summed E-state index contributed by atoms with van der Waals surface area (Å²) in [7, 11) is -3.23. The van der Waals surface area contributed by atoms with Crippen molar-refractivity contribution in [3.05, 3.63) is 62.6 Å². The summed E-state index contributed by atoms with van der Waals surface area (Å²) in [5.74, 6) is 0.864. The van der Waals surface area contributed by atoms with Crippen LogP contribution in [-0.4, -0.2) is 41.5 Å². The lowest BCUT2D eigenvalue weighted by Gasteiger charge is -2.14. The zero-order valence-corrected chi connectivity index (χ0v) is 24.2. The van der Waals surface area contributed by atoms with Crippen LogP contribution in [0.3, 0.4) is 0 Å². The molecule has 0 spiro atoms. The minimum absolute atomic E-state index is 0.00993. The molecule has 0 saturated heterocycles. The summed E-state index contributed by atoms with van der Waals surface area (Å²) in [5.41, 5.74) is 1.51. The Kier molecular flexibility index (Phi) is 11.2. The van der Waals surface area contributed by atoms with Gasteiger partial charge in [0, 0.05) is 18.4 Å². The minimum Gasteiger partial charge on any atom is -0.507 e. The van der Waals surface area contributed by atoms with Crippen molar-refractivity contribution < 1.29 is 28.8 Å². The van der Waals surface area contributed by atoms with Gasteiger partial charge in [0.15, 0.2) is 5.75 Å². The molecule has 0 radical (unpaired) electrons. The first kappa shape index (κ1) is 29.3. The summed E-state index contributed by atoms with van der Waals surface area (Å²) in [6.45, 7) is 7.31. The summed E-state index contributed by atoms with van der Waals surface area (Å²) in [6, 6.07) is 8.21. The molecule has 0 saturated carbocycles. The summed E-state index contributed by atoms with van der Waals surface area (Å²) >= 11 is 6.93. The molecule has 0 amide bonds. The Morgan fingerprint density at radius 3 is 2.43 bits per heavy atom. The third-order valence-corrected chi connectivity index (χ3v) is 6.69. The number of esters is 1. The number of benzene rings is 2. The third kappa shape index (κ3) is 9.92. The van der Waals surface area contributed by atoms with Gasteiger partial charge < -0.3 is 19.5 Å². The molecule has 0 heterocycles. The molecular weight excluding hydrogens is 601 g/mol. The zero-order chi connectivity index (χ0) is 26.2. The maximum Gasteiger partial charge on any atom is 0.327 e. The van der Waals surface area contributed by atoms with Crippen molar-refractivity contribution in [2.75, 3.05) is 19.8 Å². The predicted molar refractivity (Wildman–Crippen MR) is 146 cm³/mol. The number of nitrogens with zero attached hydrogens (tertiary/aromatic N) is 1. The molecule has 0 aromatic heterocycles. The average molecular weight is 631 g/mol. The molecule has 2 aromatic carbocycles. The highest BCUT2D eigenvalue weighted by molar-refractivity contribution is 9.11. The Bertz CT molecular complexity index is 1130. The van der Waals surface area contributed by atoms with Gasteiger partial charge in [0.1, 0.15) is 18.0 Å². The number of hydrogen-bond acceptors (Lipinski definition) is 6. The van der Waals surface area contributed by atoms with Gasteiger partial charge in [0.25, 0.3) is 0 Å². The van der Waals surface area contributed by atoms with Crippen molar-refractivity contribution in [2.45, 2.75) is 33.4 Å².